The van der Waals surface area contributed by atoms with E-state index in [1.807, 2.05) is 0 Å². The lowest BCUT2D eigenvalue weighted by Gasteiger charge is -2.30. The molecule has 1 aromatic heterocycles. The smallest absolute Gasteiger partial charge is 0.255 e. The molecule has 1 aliphatic rings. The number of hydrogen-bond acceptors (Lipinski definition) is 4. The Bertz CT molecular complexity index is 584. The molecule has 2 rings (SSSR count). The second-order valence-corrected chi connectivity index (χ2v) is 7.72. The Kier molecular flexibility index (Phi) is 3.98. The van der Waals surface area contributed by atoms with Gasteiger partial charge in [-0.05, 0) is 31.2 Å². The Morgan fingerprint density at radius 3 is 2.47 bits per heavy atom. The predicted molar refractivity (Wildman–Crippen MR) is 74.7 cm³/mol. The van der Waals surface area contributed by atoms with Gasteiger partial charge in [0.05, 0.1) is 5.56 Å². The predicted octanol–water partition coefficient (Wildman–Crippen LogP) is 1.58. The SMILES string of the molecule is Cc1c(C(=O)N2CCC(C)CC2)csc1S(N)(=O)=O. The molecule has 5 nitrogen and oxygen atoms in total. The van der Waals surface area contributed by atoms with Crippen LogP contribution in [0, 0.1) is 12.8 Å². The fraction of sp³-hybridized carbons (Fsp3) is 0.583. The number of carbonyl (C=O) groups excluding carboxylic acids is 1. The van der Waals surface area contributed by atoms with Crippen LogP contribution in [-0.4, -0.2) is 32.3 Å². The highest BCUT2D eigenvalue weighted by Gasteiger charge is 2.26. The monoisotopic (exact) mass is 302 g/mol. The van der Waals surface area contributed by atoms with E-state index in [0.717, 1.165) is 37.3 Å². The van der Waals surface area contributed by atoms with Gasteiger partial charge in [-0.1, -0.05) is 6.92 Å². The molecule has 2 heterocycles. The summed E-state index contributed by atoms with van der Waals surface area (Å²) in [5.74, 6) is 0.558. The number of likely N-dealkylation sites (tertiary alicyclic amines) is 1. The number of nitrogens with zero attached hydrogens (tertiary/aromatic N) is 1. The van der Waals surface area contributed by atoms with Gasteiger partial charge in [0.1, 0.15) is 4.21 Å². The molecule has 1 aromatic rings. The third-order valence-corrected chi connectivity index (χ3v) is 6.24. The first kappa shape index (κ1) is 14.5. The minimum atomic E-state index is -3.74. The molecule has 2 N–H and O–H groups in total. The van der Waals surface area contributed by atoms with Crippen molar-refractivity contribution in [1.29, 1.82) is 0 Å². The molecule has 1 amide bonds. The molecule has 0 aliphatic carbocycles. The van der Waals surface area contributed by atoms with Gasteiger partial charge in [0.25, 0.3) is 5.91 Å². The highest BCUT2D eigenvalue weighted by molar-refractivity contribution is 7.91. The highest BCUT2D eigenvalue weighted by atomic mass is 32.2. The van der Waals surface area contributed by atoms with E-state index in [1.54, 1.807) is 17.2 Å². The minimum absolute atomic E-state index is 0.0845. The largest absolute Gasteiger partial charge is 0.339 e. The number of piperidine rings is 1. The number of rotatable bonds is 2. The summed E-state index contributed by atoms with van der Waals surface area (Å²) in [4.78, 5) is 14.2. The van der Waals surface area contributed by atoms with Crippen molar-refractivity contribution in [2.24, 2.45) is 11.1 Å². The zero-order chi connectivity index (χ0) is 14.2. The van der Waals surface area contributed by atoms with Gasteiger partial charge in [0, 0.05) is 18.5 Å². The molecule has 19 heavy (non-hydrogen) atoms. The molecular formula is C12H18N2O3S2. The maximum Gasteiger partial charge on any atom is 0.255 e. The number of thiophene rings is 1. The molecule has 1 aliphatic heterocycles. The number of hydrogen-bond donors (Lipinski definition) is 1. The summed E-state index contributed by atoms with van der Waals surface area (Å²) >= 11 is 1.02. The Hall–Kier alpha value is -0.920. The highest BCUT2D eigenvalue weighted by Crippen LogP contribution is 2.27. The molecule has 0 saturated carbocycles. The maximum absolute atomic E-state index is 12.4. The van der Waals surface area contributed by atoms with Crippen LogP contribution in [0.3, 0.4) is 0 Å². The molecule has 1 saturated heterocycles. The van der Waals surface area contributed by atoms with Crippen molar-refractivity contribution in [3.8, 4) is 0 Å². The second-order valence-electron chi connectivity index (χ2n) is 5.08. The van der Waals surface area contributed by atoms with Crippen LogP contribution in [0.1, 0.15) is 35.7 Å². The second kappa shape index (κ2) is 5.22. The first-order valence-corrected chi connectivity index (χ1v) is 8.63. The van der Waals surface area contributed by atoms with Gasteiger partial charge in [0.2, 0.25) is 10.0 Å². The molecule has 0 atom stereocenters. The molecule has 1 fully saturated rings. The molecule has 0 spiro atoms. The molecule has 7 heteroatoms. The van der Waals surface area contributed by atoms with E-state index in [2.05, 4.69) is 6.92 Å². The number of amides is 1. The standard InChI is InChI=1S/C12H18N2O3S2/c1-8-3-5-14(6-4-8)11(15)10-7-18-12(9(10)2)19(13,16)17/h7-8H,3-6H2,1-2H3,(H2,13,16,17). The van der Waals surface area contributed by atoms with Gasteiger partial charge in [0.15, 0.2) is 0 Å². The molecule has 0 aromatic carbocycles. The average Bonchev–Trinajstić information content (AvgIpc) is 2.71. The summed E-state index contributed by atoms with van der Waals surface area (Å²) in [6.07, 6.45) is 1.99. The average molecular weight is 302 g/mol. The minimum Gasteiger partial charge on any atom is -0.339 e. The van der Waals surface area contributed by atoms with E-state index in [-0.39, 0.29) is 10.1 Å². The van der Waals surface area contributed by atoms with Gasteiger partial charge >= 0.3 is 0 Å². The summed E-state index contributed by atoms with van der Waals surface area (Å²) in [6, 6.07) is 0. The Balaban J connectivity index is 2.23. The van der Waals surface area contributed by atoms with E-state index in [9.17, 15) is 13.2 Å². The fourth-order valence-electron chi connectivity index (χ4n) is 2.27. The van der Waals surface area contributed by atoms with Crippen molar-refractivity contribution >= 4 is 27.3 Å². The number of nitrogens with two attached hydrogens (primary N) is 1. The Morgan fingerprint density at radius 2 is 2.00 bits per heavy atom. The van der Waals surface area contributed by atoms with Gasteiger partial charge in [-0.3, -0.25) is 4.79 Å². The molecular weight excluding hydrogens is 284 g/mol. The van der Waals surface area contributed by atoms with E-state index in [1.165, 1.54) is 0 Å². The van der Waals surface area contributed by atoms with Crippen LogP contribution >= 0.6 is 11.3 Å². The van der Waals surface area contributed by atoms with E-state index < -0.39 is 10.0 Å². The number of carbonyl (C=O) groups is 1. The van der Waals surface area contributed by atoms with Crippen LogP contribution in [0.15, 0.2) is 9.59 Å². The topological polar surface area (TPSA) is 80.5 Å². The van der Waals surface area contributed by atoms with Crippen molar-refractivity contribution in [2.75, 3.05) is 13.1 Å². The van der Waals surface area contributed by atoms with Crippen molar-refractivity contribution in [2.45, 2.75) is 30.9 Å². The van der Waals surface area contributed by atoms with E-state index in [0.29, 0.717) is 17.0 Å². The molecule has 106 valence electrons. The third kappa shape index (κ3) is 2.98. The molecule has 0 unspecified atom stereocenters. The first-order valence-electron chi connectivity index (χ1n) is 6.21. The van der Waals surface area contributed by atoms with Crippen LogP contribution < -0.4 is 5.14 Å². The summed E-state index contributed by atoms with van der Waals surface area (Å²) in [5, 5.41) is 6.72. The number of primary sulfonamides is 1. The Morgan fingerprint density at radius 1 is 1.42 bits per heavy atom. The van der Waals surface area contributed by atoms with Crippen LogP contribution in [0.5, 0.6) is 0 Å². The zero-order valence-corrected chi connectivity index (χ0v) is 12.7. The maximum atomic E-state index is 12.4. The quantitative estimate of drug-likeness (QED) is 0.900. The van der Waals surface area contributed by atoms with Gasteiger partial charge in [-0.25, -0.2) is 13.6 Å². The van der Waals surface area contributed by atoms with Crippen LogP contribution in [-0.2, 0) is 10.0 Å². The van der Waals surface area contributed by atoms with E-state index in [4.69, 9.17) is 5.14 Å². The van der Waals surface area contributed by atoms with Crippen LogP contribution in [0.4, 0.5) is 0 Å². The van der Waals surface area contributed by atoms with Crippen LogP contribution in [0.25, 0.3) is 0 Å². The van der Waals surface area contributed by atoms with Gasteiger partial charge in [-0.15, -0.1) is 11.3 Å². The van der Waals surface area contributed by atoms with E-state index >= 15 is 0 Å². The van der Waals surface area contributed by atoms with Gasteiger partial charge in [-0.2, -0.15) is 0 Å². The lowest BCUT2D eigenvalue weighted by molar-refractivity contribution is 0.0697. The summed E-state index contributed by atoms with van der Waals surface area (Å²) in [6.45, 7) is 5.28. The van der Waals surface area contributed by atoms with Crippen molar-refractivity contribution < 1.29 is 13.2 Å². The lowest BCUT2D eigenvalue weighted by Crippen LogP contribution is -2.38. The third-order valence-electron chi connectivity index (χ3n) is 3.55. The van der Waals surface area contributed by atoms with Crippen molar-refractivity contribution in [3.05, 3.63) is 16.5 Å². The van der Waals surface area contributed by atoms with Crippen molar-refractivity contribution in [1.82, 2.24) is 4.90 Å². The molecule has 0 radical (unpaired) electrons. The van der Waals surface area contributed by atoms with Crippen LogP contribution in [0.2, 0.25) is 0 Å². The Labute approximate surface area is 117 Å². The molecule has 0 bridgehead atoms. The summed E-state index contributed by atoms with van der Waals surface area (Å²) in [7, 11) is -3.74. The first-order chi connectivity index (χ1) is 8.80. The lowest BCUT2D eigenvalue weighted by atomic mass is 9.98. The van der Waals surface area contributed by atoms with Gasteiger partial charge < -0.3 is 4.90 Å². The summed E-state index contributed by atoms with van der Waals surface area (Å²) < 4.78 is 22.8. The van der Waals surface area contributed by atoms with Crippen molar-refractivity contribution in [3.63, 3.8) is 0 Å². The fourth-order valence-corrected chi connectivity index (χ4v) is 4.28. The zero-order valence-electron chi connectivity index (χ0n) is 11.0. The summed E-state index contributed by atoms with van der Waals surface area (Å²) in [5.41, 5.74) is 0.930. The number of sulfonamides is 1. The normalized spacial score (nSPS) is 17.7.